The number of nitrogens with one attached hydrogen (secondary N) is 1. The van der Waals surface area contributed by atoms with E-state index in [1.165, 1.54) is 0 Å². The van der Waals surface area contributed by atoms with Gasteiger partial charge in [0.05, 0.1) is 0 Å². The lowest BCUT2D eigenvalue weighted by atomic mass is 9.95. The summed E-state index contributed by atoms with van der Waals surface area (Å²) in [4.78, 5) is 38.7. The molecular formula is C19H22N4O2. The molecule has 130 valence electrons. The molecule has 0 unspecified atom stereocenters. The van der Waals surface area contributed by atoms with E-state index in [9.17, 15) is 9.59 Å². The van der Waals surface area contributed by atoms with Crippen molar-refractivity contribution in [3.63, 3.8) is 0 Å². The van der Waals surface area contributed by atoms with Gasteiger partial charge in [0.1, 0.15) is 11.4 Å². The van der Waals surface area contributed by atoms with E-state index in [-0.39, 0.29) is 22.9 Å². The van der Waals surface area contributed by atoms with Gasteiger partial charge in [-0.05, 0) is 56.7 Å². The first kappa shape index (κ1) is 16.0. The van der Waals surface area contributed by atoms with Crippen LogP contribution in [-0.2, 0) is 12.8 Å². The fraction of sp³-hybridized carbons (Fsp3) is 0.474. The minimum Gasteiger partial charge on any atom is -0.338 e. The van der Waals surface area contributed by atoms with Crippen molar-refractivity contribution >= 4 is 5.91 Å². The molecule has 1 amide bonds. The number of pyridine rings is 1. The Balaban J connectivity index is 1.55. The summed E-state index contributed by atoms with van der Waals surface area (Å²) in [6, 6.07) is 3.68. The third kappa shape index (κ3) is 3.08. The molecule has 0 spiro atoms. The Bertz CT molecular complexity index is 874. The highest BCUT2D eigenvalue weighted by Crippen LogP contribution is 2.26. The second-order valence-corrected chi connectivity index (χ2v) is 7.02. The van der Waals surface area contributed by atoms with E-state index < -0.39 is 0 Å². The van der Waals surface area contributed by atoms with E-state index in [0.29, 0.717) is 13.1 Å². The summed E-state index contributed by atoms with van der Waals surface area (Å²) in [5, 5.41) is 0. The molecule has 1 aliphatic carbocycles. The maximum atomic E-state index is 12.9. The summed E-state index contributed by atoms with van der Waals surface area (Å²) in [6.07, 6.45) is 6.64. The van der Waals surface area contributed by atoms with Gasteiger partial charge in [-0.15, -0.1) is 0 Å². The van der Waals surface area contributed by atoms with Gasteiger partial charge in [0.15, 0.2) is 0 Å². The highest BCUT2D eigenvalue weighted by atomic mass is 16.2. The smallest absolute Gasteiger partial charge is 0.261 e. The number of H-pyrrole nitrogens is 1. The van der Waals surface area contributed by atoms with Crippen molar-refractivity contribution < 1.29 is 4.79 Å². The van der Waals surface area contributed by atoms with Crippen molar-refractivity contribution in [1.29, 1.82) is 0 Å². The van der Waals surface area contributed by atoms with E-state index in [0.717, 1.165) is 54.9 Å². The Hall–Kier alpha value is -2.50. The summed E-state index contributed by atoms with van der Waals surface area (Å²) in [6.45, 7) is 3.14. The Morgan fingerprint density at radius 3 is 3.00 bits per heavy atom. The zero-order valence-electron chi connectivity index (χ0n) is 14.4. The number of carbonyl (C=O) groups is 1. The predicted octanol–water partition coefficient (Wildman–Crippen LogP) is 1.98. The van der Waals surface area contributed by atoms with Crippen molar-refractivity contribution in [3.05, 3.63) is 57.0 Å². The molecule has 3 heterocycles. The van der Waals surface area contributed by atoms with Crippen molar-refractivity contribution in [1.82, 2.24) is 19.9 Å². The molecular weight excluding hydrogens is 316 g/mol. The van der Waals surface area contributed by atoms with Crippen LogP contribution >= 0.6 is 0 Å². The highest BCUT2D eigenvalue weighted by Gasteiger charge is 2.31. The number of amides is 1. The van der Waals surface area contributed by atoms with Crippen LogP contribution in [-0.4, -0.2) is 38.8 Å². The number of rotatable bonds is 2. The fourth-order valence-corrected chi connectivity index (χ4v) is 3.82. The number of fused-ring (bicyclic) bond motifs is 1. The number of hydrogen-bond acceptors (Lipinski definition) is 4. The molecule has 2 aromatic rings. The first-order valence-corrected chi connectivity index (χ1v) is 8.95. The summed E-state index contributed by atoms with van der Waals surface area (Å²) in [5.74, 6) is 0.750. The van der Waals surface area contributed by atoms with Crippen LogP contribution in [0.2, 0.25) is 0 Å². The maximum absolute atomic E-state index is 12.9. The summed E-state index contributed by atoms with van der Waals surface area (Å²) in [7, 11) is 0. The molecule has 0 radical (unpaired) electrons. The SMILES string of the molecule is Cc1ccnc([C@@H]2CCN(C(=O)c3cc4c([nH]c3=O)CCCC4)C2)n1. The van der Waals surface area contributed by atoms with E-state index in [4.69, 9.17) is 0 Å². The van der Waals surface area contributed by atoms with Crippen molar-refractivity contribution in [3.8, 4) is 0 Å². The lowest BCUT2D eigenvalue weighted by Gasteiger charge is -2.19. The van der Waals surface area contributed by atoms with Crippen molar-refractivity contribution in [2.24, 2.45) is 0 Å². The lowest BCUT2D eigenvalue weighted by Crippen LogP contribution is -2.34. The quantitative estimate of drug-likeness (QED) is 0.908. The van der Waals surface area contributed by atoms with Gasteiger partial charge in [0.2, 0.25) is 0 Å². The van der Waals surface area contributed by atoms with Crippen molar-refractivity contribution in [2.75, 3.05) is 13.1 Å². The molecule has 6 heteroatoms. The molecule has 6 nitrogen and oxygen atoms in total. The van der Waals surface area contributed by atoms with E-state index >= 15 is 0 Å². The molecule has 1 N–H and O–H groups in total. The minimum absolute atomic E-state index is 0.139. The Morgan fingerprint density at radius 1 is 1.32 bits per heavy atom. The third-order valence-corrected chi connectivity index (χ3v) is 5.22. The average molecular weight is 338 g/mol. The molecule has 0 saturated carbocycles. The zero-order valence-corrected chi connectivity index (χ0v) is 14.4. The summed E-state index contributed by atoms with van der Waals surface area (Å²) >= 11 is 0. The number of nitrogens with zero attached hydrogens (tertiary/aromatic N) is 3. The van der Waals surface area contributed by atoms with Crippen LogP contribution in [0.4, 0.5) is 0 Å². The fourth-order valence-electron chi connectivity index (χ4n) is 3.82. The second kappa shape index (κ2) is 6.43. The largest absolute Gasteiger partial charge is 0.338 e. The highest BCUT2D eigenvalue weighted by molar-refractivity contribution is 5.94. The average Bonchev–Trinajstić information content (AvgIpc) is 3.11. The summed E-state index contributed by atoms with van der Waals surface area (Å²) in [5.41, 5.74) is 3.06. The van der Waals surface area contributed by atoms with E-state index in [1.54, 1.807) is 11.1 Å². The standard InChI is InChI=1S/C19H22N4O2/c1-12-6-8-20-17(21-12)14-7-9-23(11-14)19(25)15-10-13-4-2-3-5-16(13)22-18(15)24/h6,8,10,14H,2-5,7,9,11H2,1H3,(H,22,24)/t14-/m1/s1. The number of likely N-dealkylation sites (tertiary alicyclic amines) is 1. The van der Waals surface area contributed by atoms with Crippen LogP contribution in [0.3, 0.4) is 0 Å². The second-order valence-electron chi connectivity index (χ2n) is 7.02. The predicted molar refractivity (Wildman–Crippen MR) is 93.7 cm³/mol. The van der Waals surface area contributed by atoms with Gasteiger partial charge in [-0.2, -0.15) is 0 Å². The molecule has 2 aromatic heterocycles. The Kier molecular flexibility index (Phi) is 4.11. The van der Waals surface area contributed by atoms with E-state index in [1.807, 2.05) is 19.1 Å². The lowest BCUT2D eigenvalue weighted by molar-refractivity contribution is 0.0788. The van der Waals surface area contributed by atoms with Gasteiger partial charge < -0.3 is 9.88 Å². The Morgan fingerprint density at radius 2 is 2.16 bits per heavy atom. The topological polar surface area (TPSA) is 79.0 Å². The first-order chi connectivity index (χ1) is 12.1. The number of aryl methyl sites for hydroxylation is 3. The van der Waals surface area contributed by atoms with E-state index in [2.05, 4.69) is 15.0 Å². The molecule has 1 fully saturated rings. The minimum atomic E-state index is -0.263. The maximum Gasteiger partial charge on any atom is 0.261 e. The van der Waals surface area contributed by atoms with Crippen LogP contribution in [0.25, 0.3) is 0 Å². The molecule has 2 aliphatic rings. The molecule has 1 aliphatic heterocycles. The zero-order chi connectivity index (χ0) is 17.4. The normalized spacial score (nSPS) is 19.7. The van der Waals surface area contributed by atoms with Gasteiger partial charge in [0.25, 0.3) is 11.5 Å². The van der Waals surface area contributed by atoms with Gasteiger partial charge in [-0.25, -0.2) is 9.97 Å². The third-order valence-electron chi connectivity index (χ3n) is 5.22. The molecule has 0 aromatic carbocycles. The molecule has 4 rings (SSSR count). The first-order valence-electron chi connectivity index (χ1n) is 8.95. The molecule has 1 saturated heterocycles. The van der Waals surface area contributed by atoms with Gasteiger partial charge in [0, 0.05) is 36.6 Å². The summed E-state index contributed by atoms with van der Waals surface area (Å²) < 4.78 is 0. The van der Waals surface area contributed by atoms with Crippen LogP contribution in [0.15, 0.2) is 23.1 Å². The number of aromatic amines is 1. The van der Waals surface area contributed by atoms with Crippen LogP contribution in [0.5, 0.6) is 0 Å². The Labute approximate surface area is 146 Å². The number of hydrogen-bond donors (Lipinski definition) is 1. The monoisotopic (exact) mass is 338 g/mol. The number of carbonyl (C=O) groups excluding carboxylic acids is 1. The van der Waals surface area contributed by atoms with Gasteiger partial charge in [-0.3, -0.25) is 9.59 Å². The molecule has 0 bridgehead atoms. The van der Waals surface area contributed by atoms with Gasteiger partial charge >= 0.3 is 0 Å². The van der Waals surface area contributed by atoms with Crippen LogP contribution in [0, 0.1) is 6.92 Å². The van der Waals surface area contributed by atoms with Crippen LogP contribution in [0.1, 0.15) is 58.3 Å². The van der Waals surface area contributed by atoms with Gasteiger partial charge in [-0.1, -0.05) is 0 Å². The number of aromatic nitrogens is 3. The molecule has 25 heavy (non-hydrogen) atoms. The van der Waals surface area contributed by atoms with Crippen LogP contribution < -0.4 is 5.56 Å². The van der Waals surface area contributed by atoms with Crippen molar-refractivity contribution in [2.45, 2.75) is 44.9 Å². The molecule has 1 atom stereocenters.